The van der Waals surface area contributed by atoms with Crippen molar-refractivity contribution < 1.29 is 4.79 Å². The summed E-state index contributed by atoms with van der Waals surface area (Å²) in [4.78, 5) is 13.6. The average molecular weight is 385 g/mol. The van der Waals surface area contributed by atoms with Gasteiger partial charge in [0.25, 0.3) is 0 Å². The van der Waals surface area contributed by atoms with E-state index in [9.17, 15) is 4.79 Å². The number of rotatable bonds is 6. The highest BCUT2D eigenvalue weighted by Crippen LogP contribution is 2.41. The molecule has 134 valence electrons. The van der Waals surface area contributed by atoms with Gasteiger partial charge in [-0.1, -0.05) is 36.0 Å². The highest BCUT2D eigenvalue weighted by atomic mass is 32.2. The molecule has 5 nitrogen and oxygen atoms in total. The van der Waals surface area contributed by atoms with Gasteiger partial charge in [-0.25, -0.2) is 0 Å². The molecule has 0 aliphatic heterocycles. The lowest BCUT2D eigenvalue weighted by molar-refractivity contribution is -0.113. The first-order valence-electron chi connectivity index (χ1n) is 8.61. The van der Waals surface area contributed by atoms with Gasteiger partial charge in [0.1, 0.15) is 0 Å². The number of nitrogens with zero attached hydrogens (tertiary/aromatic N) is 3. The number of thiophene rings is 1. The minimum atomic E-state index is -0.0181. The molecule has 0 saturated heterocycles. The summed E-state index contributed by atoms with van der Waals surface area (Å²) >= 11 is 3.12. The van der Waals surface area contributed by atoms with Gasteiger partial charge in [0.2, 0.25) is 5.91 Å². The van der Waals surface area contributed by atoms with E-state index in [4.69, 9.17) is 0 Å². The first-order valence-corrected chi connectivity index (χ1v) is 10.5. The van der Waals surface area contributed by atoms with Crippen molar-refractivity contribution in [3.63, 3.8) is 0 Å². The summed E-state index contributed by atoms with van der Waals surface area (Å²) in [5, 5.41) is 14.6. The molecule has 1 amide bonds. The SMILES string of the molecule is Cc1cccc(C)c1NC(=O)CSc1nnc(-c2cccs2)n1C1CC1. The van der Waals surface area contributed by atoms with Gasteiger partial charge in [0, 0.05) is 11.7 Å². The van der Waals surface area contributed by atoms with E-state index in [1.165, 1.54) is 11.8 Å². The number of carbonyl (C=O) groups is 1. The number of hydrogen-bond acceptors (Lipinski definition) is 5. The standard InChI is InChI=1S/C19H20N4OS2/c1-12-5-3-6-13(2)17(12)20-16(24)11-26-19-22-21-18(15-7-4-10-25-15)23(19)14-8-9-14/h3-7,10,14H,8-9,11H2,1-2H3,(H,20,24). The van der Waals surface area contributed by atoms with Crippen molar-refractivity contribution in [3.05, 3.63) is 46.8 Å². The van der Waals surface area contributed by atoms with Crippen molar-refractivity contribution in [2.24, 2.45) is 0 Å². The largest absolute Gasteiger partial charge is 0.325 e. The Morgan fingerprint density at radius 1 is 1.23 bits per heavy atom. The number of aryl methyl sites for hydroxylation is 2. The van der Waals surface area contributed by atoms with Crippen molar-refractivity contribution in [1.82, 2.24) is 14.8 Å². The van der Waals surface area contributed by atoms with E-state index >= 15 is 0 Å². The number of nitrogens with one attached hydrogen (secondary N) is 1. The summed E-state index contributed by atoms with van der Waals surface area (Å²) in [5.74, 6) is 1.22. The fourth-order valence-corrected chi connectivity index (χ4v) is 4.44. The molecule has 0 bridgehead atoms. The van der Waals surface area contributed by atoms with Gasteiger partial charge >= 0.3 is 0 Å². The first kappa shape index (κ1) is 17.3. The lowest BCUT2D eigenvalue weighted by Gasteiger charge is -2.11. The molecular formula is C19H20N4OS2. The van der Waals surface area contributed by atoms with Crippen LogP contribution in [-0.4, -0.2) is 26.4 Å². The van der Waals surface area contributed by atoms with Crippen LogP contribution in [0.3, 0.4) is 0 Å². The monoisotopic (exact) mass is 384 g/mol. The maximum Gasteiger partial charge on any atom is 0.234 e. The zero-order valence-electron chi connectivity index (χ0n) is 14.7. The number of thioether (sulfide) groups is 1. The molecule has 2 heterocycles. The number of para-hydroxylation sites is 1. The Hall–Kier alpha value is -2.12. The molecule has 0 atom stereocenters. The van der Waals surface area contributed by atoms with Crippen LogP contribution < -0.4 is 5.32 Å². The van der Waals surface area contributed by atoms with Gasteiger partial charge in [-0.15, -0.1) is 21.5 Å². The Labute approximate surface area is 160 Å². The summed E-state index contributed by atoms with van der Waals surface area (Å²) in [5.41, 5.74) is 3.05. The number of carbonyl (C=O) groups excluding carboxylic acids is 1. The van der Waals surface area contributed by atoms with Gasteiger partial charge in [0.05, 0.1) is 10.6 Å². The van der Waals surface area contributed by atoms with Gasteiger partial charge in [0.15, 0.2) is 11.0 Å². The first-order chi connectivity index (χ1) is 12.6. The highest BCUT2D eigenvalue weighted by Gasteiger charge is 2.30. The predicted molar refractivity (Wildman–Crippen MR) is 107 cm³/mol. The van der Waals surface area contributed by atoms with E-state index in [0.29, 0.717) is 11.8 Å². The predicted octanol–water partition coefficient (Wildman–Crippen LogP) is 4.69. The van der Waals surface area contributed by atoms with Crippen molar-refractivity contribution in [2.75, 3.05) is 11.1 Å². The molecule has 1 fully saturated rings. The molecule has 0 radical (unpaired) electrons. The van der Waals surface area contributed by atoms with Gasteiger partial charge in [-0.05, 0) is 49.3 Å². The Kier molecular flexibility index (Phi) is 4.82. The molecule has 1 aliphatic carbocycles. The minimum Gasteiger partial charge on any atom is -0.325 e. The van der Waals surface area contributed by atoms with E-state index in [-0.39, 0.29) is 5.91 Å². The molecule has 0 spiro atoms. The van der Waals surface area contributed by atoms with Gasteiger partial charge in [-0.2, -0.15) is 0 Å². The van der Waals surface area contributed by atoms with Gasteiger partial charge < -0.3 is 5.32 Å². The Morgan fingerprint density at radius 3 is 2.65 bits per heavy atom. The average Bonchev–Trinajstić information content (AvgIpc) is 3.15. The van der Waals surface area contributed by atoms with E-state index in [0.717, 1.165) is 45.5 Å². The minimum absolute atomic E-state index is 0.0181. The molecule has 3 aromatic rings. The molecule has 0 unspecified atom stereocenters. The van der Waals surface area contributed by atoms with Gasteiger partial charge in [-0.3, -0.25) is 9.36 Å². The third-order valence-corrected chi connectivity index (χ3v) is 6.20. The number of anilines is 1. The van der Waals surface area contributed by atoms with Crippen LogP contribution in [0.5, 0.6) is 0 Å². The topological polar surface area (TPSA) is 59.8 Å². The van der Waals surface area contributed by atoms with E-state index < -0.39 is 0 Å². The molecule has 2 aromatic heterocycles. The van der Waals surface area contributed by atoms with Crippen LogP contribution in [0.25, 0.3) is 10.7 Å². The van der Waals surface area contributed by atoms with Crippen molar-refractivity contribution in [1.29, 1.82) is 0 Å². The molecular weight excluding hydrogens is 364 g/mol. The van der Waals surface area contributed by atoms with Crippen LogP contribution in [0.2, 0.25) is 0 Å². The van der Waals surface area contributed by atoms with Crippen LogP contribution in [0.15, 0.2) is 40.9 Å². The van der Waals surface area contributed by atoms with Crippen LogP contribution in [0, 0.1) is 13.8 Å². The maximum absolute atomic E-state index is 12.4. The van der Waals surface area contributed by atoms with Crippen LogP contribution in [0.4, 0.5) is 5.69 Å². The summed E-state index contributed by atoms with van der Waals surface area (Å²) in [7, 11) is 0. The van der Waals surface area contributed by atoms with E-state index in [1.54, 1.807) is 11.3 Å². The Balaban J connectivity index is 1.47. The van der Waals surface area contributed by atoms with E-state index in [2.05, 4.69) is 26.1 Å². The normalized spacial score (nSPS) is 13.8. The fourth-order valence-electron chi connectivity index (χ4n) is 2.93. The lowest BCUT2D eigenvalue weighted by atomic mass is 10.1. The van der Waals surface area contributed by atoms with Crippen LogP contribution in [0.1, 0.15) is 30.0 Å². The highest BCUT2D eigenvalue weighted by molar-refractivity contribution is 7.99. The summed E-state index contributed by atoms with van der Waals surface area (Å²) in [6.07, 6.45) is 2.30. The van der Waals surface area contributed by atoms with Crippen molar-refractivity contribution in [2.45, 2.75) is 37.9 Å². The smallest absolute Gasteiger partial charge is 0.234 e. The third-order valence-electron chi connectivity index (χ3n) is 4.40. The molecule has 26 heavy (non-hydrogen) atoms. The molecule has 1 saturated carbocycles. The van der Waals surface area contributed by atoms with Crippen molar-refractivity contribution in [3.8, 4) is 10.7 Å². The fraction of sp³-hybridized carbons (Fsp3) is 0.316. The number of hydrogen-bond donors (Lipinski definition) is 1. The quantitative estimate of drug-likeness (QED) is 0.627. The summed E-state index contributed by atoms with van der Waals surface area (Å²) < 4.78 is 2.20. The number of aromatic nitrogens is 3. The Morgan fingerprint density at radius 2 is 2.00 bits per heavy atom. The van der Waals surface area contributed by atoms with E-state index in [1.807, 2.05) is 43.5 Å². The zero-order chi connectivity index (χ0) is 18.1. The van der Waals surface area contributed by atoms with Crippen LogP contribution in [-0.2, 0) is 4.79 Å². The lowest BCUT2D eigenvalue weighted by Crippen LogP contribution is -2.16. The second-order valence-electron chi connectivity index (χ2n) is 6.49. The molecule has 1 aromatic carbocycles. The molecule has 1 N–H and O–H groups in total. The maximum atomic E-state index is 12.4. The van der Waals surface area contributed by atoms with Crippen molar-refractivity contribution >= 4 is 34.7 Å². The molecule has 4 rings (SSSR count). The summed E-state index contributed by atoms with van der Waals surface area (Å²) in [6, 6.07) is 10.6. The summed E-state index contributed by atoms with van der Waals surface area (Å²) in [6.45, 7) is 4.01. The second-order valence-corrected chi connectivity index (χ2v) is 8.38. The number of benzene rings is 1. The molecule has 7 heteroatoms. The second kappa shape index (κ2) is 7.25. The third kappa shape index (κ3) is 3.54. The number of amides is 1. The zero-order valence-corrected chi connectivity index (χ0v) is 16.4. The van der Waals surface area contributed by atoms with Crippen LogP contribution >= 0.6 is 23.1 Å². The Bertz CT molecular complexity index is 909. The molecule has 1 aliphatic rings.